The highest BCUT2D eigenvalue weighted by atomic mass is 16.3. The molecule has 27 heavy (non-hydrogen) atoms. The third-order valence-corrected chi connectivity index (χ3v) is 6.70. The van der Waals surface area contributed by atoms with E-state index in [1.165, 1.54) is 12.8 Å². The largest absolute Gasteiger partial charge is 0.388 e. The highest BCUT2D eigenvalue weighted by molar-refractivity contribution is 5.77. The second-order valence-corrected chi connectivity index (χ2v) is 8.81. The van der Waals surface area contributed by atoms with Gasteiger partial charge in [0.1, 0.15) is 0 Å². The summed E-state index contributed by atoms with van der Waals surface area (Å²) >= 11 is 0. The molecule has 4 rings (SSSR count). The van der Waals surface area contributed by atoms with Crippen molar-refractivity contribution < 1.29 is 9.90 Å². The van der Waals surface area contributed by atoms with E-state index in [9.17, 15) is 9.90 Å². The smallest absolute Gasteiger partial charge is 0.224 e. The first kappa shape index (κ1) is 18.9. The van der Waals surface area contributed by atoms with Crippen molar-refractivity contribution in [2.24, 2.45) is 11.7 Å². The molecule has 1 aromatic heterocycles. The van der Waals surface area contributed by atoms with Crippen LogP contribution in [0.2, 0.25) is 0 Å². The summed E-state index contributed by atoms with van der Waals surface area (Å²) in [5.41, 5.74) is 5.23. The number of nitrogens with two attached hydrogens (primary N) is 1. The lowest BCUT2D eigenvalue weighted by atomic mass is 9.91. The first-order chi connectivity index (χ1) is 13.1. The van der Waals surface area contributed by atoms with E-state index in [1.54, 1.807) is 12.5 Å². The number of carbonyl (C=O) groups excluding carboxylic acids is 1. The Morgan fingerprint density at radius 2 is 1.93 bits per heavy atom. The molecule has 3 aliphatic rings. The van der Waals surface area contributed by atoms with Crippen molar-refractivity contribution in [1.82, 2.24) is 19.4 Å². The fraction of sp³-hybridized carbons (Fsp3) is 0.800. The maximum Gasteiger partial charge on any atom is 0.224 e. The van der Waals surface area contributed by atoms with Crippen molar-refractivity contribution in [2.75, 3.05) is 26.2 Å². The molecule has 7 heteroatoms. The van der Waals surface area contributed by atoms with Gasteiger partial charge in [-0.15, -0.1) is 0 Å². The van der Waals surface area contributed by atoms with E-state index in [-0.39, 0.29) is 5.91 Å². The molecule has 0 aromatic carbocycles. The van der Waals surface area contributed by atoms with E-state index in [0.717, 1.165) is 25.3 Å². The van der Waals surface area contributed by atoms with Gasteiger partial charge in [0, 0.05) is 57.1 Å². The van der Waals surface area contributed by atoms with Gasteiger partial charge in [-0.25, -0.2) is 4.98 Å². The molecule has 2 atom stereocenters. The van der Waals surface area contributed by atoms with Gasteiger partial charge in [-0.3, -0.25) is 9.69 Å². The molecule has 2 saturated heterocycles. The quantitative estimate of drug-likeness (QED) is 0.737. The standard InChI is InChI=1S/C20H33N5O2/c21-12-18-4-3-17(25(18)13-16-1-2-16)11-19(26)24-8-5-20(27,6-9-24)14-23-10-7-22-15-23/h7,10,15-18,27H,1-6,8-9,11-14,21H2/t17-,18+/m0/s1. The minimum absolute atomic E-state index is 0.239. The van der Waals surface area contributed by atoms with Gasteiger partial charge < -0.3 is 20.3 Å². The van der Waals surface area contributed by atoms with E-state index in [2.05, 4.69) is 9.88 Å². The molecule has 1 aliphatic carbocycles. The molecular weight excluding hydrogens is 342 g/mol. The van der Waals surface area contributed by atoms with Gasteiger partial charge in [-0.05, 0) is 44.4 Å². The van der Waals surface area contributed by atoms with Crippen molar-refractivity contribution in [3.63, 3.8) is 0 Å². The second kappa shape index (κ2) is 7.89. The summed E-state index contributed by atoms with van der Waals surface area (Å²) in [6, 6.07) is 0.795. The van der Waals surface area contributed by atoms with Gasteiger partial charge in [0.2, 0.25) is 5.91 Å². The van der Waals surface area contributed by atoms with Crippen LogP contribution in [0.15, 0.2) is 18.7 Å². The monoisotopic (exact) mass is 375 g/mol. The summed E-state index contributed by atoms with van der Waals surface area (Å²) < 4.78 is 1.92. The number of nitrogens with zero attached hydrogens (tertiary/aromatic N) is 4. The van der Waals surface area contributed by atoms with Crippen LogP contribution in [0.25, 0.3) is 0 Å². The molecule has 7 nitrogen and oxygen atoms in total. The van der Waals surface area contributed by atoms with Crippen LogP contribution in [0.3, 0.4) is 0 Å². The van der Waals surface area contributed by atoms with E-state index in [1.807, 2.05) is 15.7 Å². The molecule has 0 spiro atoms. The third-order valence-electron chi connectivity index (χ3n) is 6.70. The van der Waals surface area contributed by atoms with Crippen LogP contribution >= 0.6 is 0 Å². The number of hydrogen-bond acceptors (Lipinski definition) is 5. The lowest BCUT2D eigenvalue weighted by Crippen LogP contribution is -2.50. The van der Waals surface area contributed by atoms with Gasteiger partial charge in [0.15, 0.2) is 0 Å². The Kier molecular flexibility index (Phi) is 5.53. The van der Waals surface area contributed by atoms with Gasteiger partial charge in [-0.1, -0.05) is 0 Å². The molecule has 3 heterocycles. The number of aromatic nitrogens is 2. The zero-order chi connectivity index (χ0) is 18.9. The summed E-state index contributed by atoms with van der Waals surface area (Å²) in [7, 11) is 0. The number of piperidine rings is 1. The van der Waals surface area contributed by atoms with Crippen molar-refractivity contribution in [3.8, 4) is 0 Å². The zero-order valence-electron chi connectivity index (χ0n) is 16.2. The van der Waals surface area contributed by atoms with Gasteiger partial charge >= 0.3 is 0 Å². The van der Waals surface area contributed by atoms with Crippen molar-refractivity contribution >= 4 is 5.91 Å². The summed E-state index contributed by atoms with van der Waals surface area (Å²) in [6.45, 7) is 3.64. The Morgan fingerprint density at radius 3 is 2.56 bits per heavy atom. The minimum atomic E-state index is -0.743. The van der Waals surface area contributed by atoms with Gasteiger partial charge in [0.05, 0.1) is 18.5 Å². The van der Waals surface area contributed by atoms with Crippen LogP contribution in [0.4, 0.5) is 0 Å². The number of amides is 1. The number of carbonyl (C=O) groups is 1. The molecule has 1 aromatic rings. The van der Waals surface area contributed by atoms with E-state index >= 15 is 0 Å². The average Bonchev–Trinajstić information content (AvgIpc) is 3.19. The van der Waals surface area contributed by atoms with Crippen LogP contribution in [-0.2, 0) is 11.3 Å². The van der Waals surface area contributed by atoms with E-state index < -0.39 is 5.60 Å². The Labute approximate surface area is 161 Å². The van der Waals surface area contributed by atoms with Crippen molar-refractivity contribution in [3.05, 3.63) is 18.7 Å². The summed E-state index contributed by atoms with van der Waals surface area (Å²) in [6.07, 6.45) is 12.0. The SMILES string of the molecule is NC[C@H]1CC[C@@H](CC(=O)N2CCC(O)(Cn3ccnc3)CC2)N1CC1CC1. The van der Waals surface area contributed by atoms with Crippen LogP contribution in [-0.4, -0.2) is 74.2 Å². The molecule has 2 aliphatic heterocycles. The number of imidazole rings is 1. The lowest BCUT2D eigenvalue weighted by molar-refractivity contribution is -0.137. The van der Waals surface area contributed by atoms with Crippen molar-refractivity contribution in [2.45, 2.75) is 69.2 Å². The molecule has 150 valence electrons. The predicted octanol–water partition coefficient (Wildman–Crippen LogP) is 0.828. The van der Waals surface area contributed by atoms with Crippen LogP contribution in [0, 0.1) is 5.92 Å². The lowest BCUT2D eigenvalue weighted by Gasteiger charge is -2.39. The third kappa shape index (κ3) is 4.52. The molecule has 0 radical (unpaired) electrons. The van der Waals surface area contributed by atoms with Gasteiger partial charge in [-0.2, -0.15) is 0 Å². The molecular formula is C20H33N5O2. The summed E-state index contributed by atoms with van der Waals surface area (Å²) in [5, 5.41) is 10.8. The zero-order valence-corrected chi connectivity index (χ0v) is 16.2. The molecule has 1 amide bonds. The minimum Gasteiger partial charge on any atom is -0.388 e. The Morgan fingerprint density at radius 1 is 1.19 bits per heavy atom. The maximum atomic E-state index is 12.9. The second-order valence-electron chi connectivity index (χ2n) is 8.81. The van der Waals surface area contributed by atoms with Crippen molar-refractivity contribution in [1.29, 1.82) is 0 Å². The normalized spacial score (nSPS) is 28.6. The fourth-order valence-corrected chi connectivity index (χ4v) is 4.77. The Hall–Kier alpha value is -1.44. The average molecular weight is 376 g/mol. The maximum absolute atomic E-state index is 12.9. The highest BCUT2D eigenvalue weighted by Gasteiger charge is 2.39. The van der Waals surface area contributed by atoms with Crippen LogP contribution < -0.4 is 5.73 Å². The first-order valence-corrected chi connectivity index (χ1v) is 10.5. The van der Waals surface area contributed by atoms with Crippen LogP contribution in [0.1, 0.15) is 44.9 Å². The number of likely N-dealkylation sites (tertiary alicyclic amines) is 2. The van der Waals surface area contributed by atoms with E-state index in [4.69, 9.17) is 5.73 Å². The molecule has 3 N–H and O–H groups in total. The summed E-state index contributed by atoms with van der Waals surface area (Å²) in [4.78, 5) is 21.4. The first-order valence-electron chi connectivity index (χ1n) is 10.5. The predicted molar refractivity (Wildman–Crippen MR) is 103 cm³/mol. The Bertz CT molecular complexity index is 622. The molecule has 1 saturated carbocycles. The molecule has 0 unspecified atom stereocenters. The number of hydrogen-bond donors (Lipinski definition) is 2. The van der Waals surface area contributed by atoms with Crippen LogP contribution in [0.5, 0.6) is 0 Å². The highest BCUT2D eigenvalue weighted by Crippen LogP contribution is 2.35. The van der Waals surface area contributed by atoms with Gasteiger partial charge in [0.25, 0.3) is 0 Å². The van der Waals surface area contributed by atoms with E-state index in [0.29, 0.717) is 57.5 Å². The molecule has 0 bridgehead atoms. The fourth-order valence-electron chi connectivity index (χ4n) is 4.77. The summed E-state index contributed by atoms with van der Waals surface area (Å²) in [5.74, 6) is 1.06. The molecule has 3 fully saturated rings. The number of aliphatic hydroxyl groups is 1. The topological polar surface area (TPSA) is 87.6 Å². The number of rotatable bonds is 7. The Balaban J connectivity index is 1.28.